The average molecular weight is 383 g/mol. The summed E-state index contributed by atoms with van der Waals surface area (Å²) in [6.07, 6.45) is -4.07. The first-order valence-electron chi connectivity index (χ1n) is 7.94. The molecule has 2 aromatic rings. The van der Waals surface area contributed by atoms with Crippen molar-refractivity contribution < 1.29 is 26.4 Å². The molecule has 0 bridgehead atoms. The van der Waals surface area contributed by atoms with Gasteiger partial charge in [-0.3, -0.25) is 4.79 Å². The predicted molar refractivity (Wildman–Crippen MR) is 91.4 cm³/mol. The van der Waals surface area contributed by atoms with E-state index in [0.29, 0.717) is 17.5 Å². The number of hydrogen-bond acceptors (Lipinski definition) is 3. The second-order valence-electron chi connectivity index (χ2n) is 6.19. The van der Waals surface area contributed by atoms with E-state index in [2.05, 4.69) is 5.32 Å². The summed E-state index contributed by atoms with van der Waals surface area (Å²) in [6.45, 7) is 0. The minimum Gasteiger partial charge on any atom is -0.348 e. The Hall–Kier alpha value is -2.35. The molecule has 1 atom stereocenters. The highest BCUT2D eigenvalue weighted by Gasteiger charge is 2.31. The number of benzene rings is 2. The maximum absolute atomic E-state index is 12.7. The van der Waals surface area contributed by atoms with Gasteiger partial charge in [0, 0.05) is 11.6 Å². The van der Waals surface area contributed by atoms with Crippen LogP contribution in [0, 0.1) is 0 Å². The van der Waals surface area contributed by atoms with Crippen LogP contribution in [0.3, 0.4) is 0 Å². The smallest absolute Gasteiger partial charge is 0.348 e. The molecule has 1 amide bonds. The maximum Gasteiger partial charge on any atom is 0.416 e. The van der Waals surface area contributed by atoms with E-state index in [0.717, 1.165) is 12.1 Å². The number of hydrogen-bond donors (Lipinski definition) is 1. The molecule has 0 aromatic heterocycles. The Balaban J connectivity index is 1.85. The molecule has 1 aliphatic heterocycles. The first kappa shape index (κ1) is 18.4. The van der Waals surface area contributed by atoms with Gasteiger partial charge in [0.1, 0.15) is 0 Å². The normalized spacial score (nSPS) is 19.3. The Morgan fingerprint density at radius 2 is 1.69 bits per heavy atom. The van der Waals surface area contributed by atoms with Crippen molar-refractivity contribution in [2.75, 3.05) is 11.5 Å². The molecule has 3 rings (SSSR count). The summed E-state index contributed by atoms with van der Waals surface area (Å²) in [6, 6.07) is 10.6. The zero-order chi connectivity index (χ0) is 18.9. The van der Waals surface area contributed by atoms with Gasteiger partial charge in [-0.2, -0.15) is 13.2 Å². The Morgan fingerprint density at radius 1 is 1.04 bits per heavy atom. The van der Waals surface area contributed by atoms with Crippen LogP contribution in [0.15, 0.2) is 48.5 Å². The third-order valence-electron chi connectivity index (χ3n) is 4.26. The lowest BCUT2D eigenvalue weighted by atomic mass is 9.98. The van der Waals surface area contributed by atoms with Crippen LogP contribution in [0.4, 0.5) is 13.2 Å². The lowest BCUT2D eigenvalue weighted by Gasteiger charge is -2.14. The standard InChI is InChI=1S/C18H16F3NO3S/c19-18(20,21)13-7-5-12(6-8-13)15-3-1-2-4-16(15)17(23)22-14-9-10-26(24,25)11-14/h1-8,14H,9-11H2,(H,22,23). The number of amides is 1. The van der Waals surface area contributed by atoms with Gasteiger partial charge >= 0.3 is 6.18 Å². The van der Waals surface area contributed by atoms with Crippen molar-refractivity contribution in [1.82, 2.24) is 5.32 Å². The van der Waals surface area contributed by atoms with Gasteiger partial charge in [0.05, 0.1) is 17.1 Å². The van der Waals surface area contributed by atoms with Crippen LogP contribution in [0.1, 0.15) is 22.3 Å². The van der Waals surface area contributed by atoms with Crippen molar-refractivity contribution in [2.24, 2.45) is 0 Å². The molecular weight excluding hydrogens is 367 g/mol. The van der Waals surface area contributed by atoms with Crippen LogP contribution >= 0.6 is 0 Å². The van der Waals surface area contributed by atoms with E-state index < -0.39 is 33.5 Å². The lowest BCUT2D eigenvalue weighted by Crippen LogP contribution is -2.35. The van der Waals surface area contributed by atoms with Crippen LogP contribution in [0.2, 0.25) is 0 Å². The maximum atomic E-state index is 12.7. The molecule has 1 saturated heterocycles. The average Bonchev–Trinajstić information content (AvgIpc) is 2.92. The van der Waals surface area contributed by atoms with E-state index in [4.69, 9.17) is 0 Å². The van der Waals surface area contributed by atoms with Gasteiger partial charge in [0.2, 0.25) is 0 Å². The fourth-order valence-electron chi connectivity index (χ4n) is 2.94. The highest BCUT2D eigenvalue weighted by molar-refractivity contribution is 7.91. The largest absolute Gasteiger partial charge is 0.416 e. The highest BCUT2D eigenvalue weighted by Crippen LogP contribution is 2.32. The third-order valence-corrected chi connectivity index (χ3v) is 6.03. The molecule has 0 aliphatic carbocycles. The van der Waals surface area contributed by atoms with Crippen molar-refractivity contribution in [1.29, 1.82) is 0 Å². The van der Waals surface area contributed by atoms with E-state index in [1.54, 1.807) is 24.3 Å². The van der Waals surface area contributed by atoms with E-state index >= 15 is 0 Å². The molecule has 0 radical (unpaired) electrons. The number of nitrogens with one attached hydrogen (secondary N) is 1. The zero-order valence-electron chi connectivity index (χ0n) is 13.6. The van der Waals surface area contributed by atoms with Crippen LogP contribution in [-0.4, -0.2) is 31.9 Å². The predicted octanol–water partition coefficient (Wildman–Crippen LogP) is 3.29. The van der Waals surface area contributed by atoms with E-state index in [9.17, 15) is 26.4 Å². The molecule has 26 heavy (non-hydrogen) atoms. The summed E-state index contributed by atoms with van der Waals surface area (Å²) < 4.78 is 61.2. The van der Waals surface area contributed by atoms with Crippen molar-refractivity contribution >= 4 is 15.7 Å². The van der Waals surface area contributed by atoms with Gasteiger partial charge in [-0.25, -0.2) is 8.42 Å². The summed E-state index contributed by atoms with van der Waals surface area (Å²) >= 11 is 0. The van der Waals surface area contributed by atoms with Gasteiger partial charge < -0.3 is 5.32 Å². The summed E-state index contributed by atoms with van der Waals surface area (Å²) in [4.78, 5) is 12.5. The fraction of sp³-hybridized carbons (Fsp3) is 0.278. The van der Waals surface area contributed by atoms with Gasteiger partial charge in [-0.15, -0.1) is 0 Å². The summed E-state index contributed by atoms with van der Waals surface area (Å²) in [7, 11) is -3.13. The van der Waals surface area contributed by atoms with E-state index in [1.165, 1.54) is 12.1 Å². The molecular formula is C18H16F3NO3S. The second kappa shape index (κ2) is 6.75. The van der Waals surface area contributed by atoms with Gasteiger partial charge in [0.25, 0.3) is 5.91 Å². The minimum atomic E-state index is -4.43. The van der Waals surface area contributed by atoms with Gasteiger partial charge in [-0.1, -0.05) is 30.3 Å². The van der Waals surface area contributed by atoms with Crippen molar-refractivity contribution in [3.05, 3.63) is 59.7 Å². The van der Waals surface area contributed by atoms with E-state index in [-0.39, 0.29) is 17.1 Å². The Kier molecular flexibility index (Phi) is 4.79. The van der Waals surface area contributed by atoms with Crippen LogP contribution in [0.25, 0.3) is 11.1 Å². The monoisotopic (exact) mass is 383 g/mol. The first-order chi connectivity index (χ1) is 12.2. The van der Waals surface area contributed by atoms with Crippen LogP contribution in [0.5, 0.6) is 0 Å². The number of halogens is 3. The summed E-state index contributed by atoms with van der Waals surface area (Å²) in [5.74, 6) is -0.498. The molecule has 2 aromatic carbocycles. The quantitative estimate of drug-likeness (QED) is 0.885. The molecule has 138 valence electrons. The van der Waals surface area contributed by atoms with Crippen molar-refractivity contribution in [2.45, 2.75) is 18.6 Å². The van der Waals surface area contributed by atoms with Crippen LogP contribution < -0.4 is 5.32 Å². The Morgan fingerprint density at radius 3 is 2.27 bits per heavy atom. The van der Waals surface area contributed by atoms with Gasteiger partial charge in [0.15, 0.2) is 9.84 Å². The number of sulfone groups is 1. The zero-order valence-corrected chi connectivity index (χ0v) is 14.4. The SMILES string of the molecule is O=C(NC1CCS(=O)(=O)C1)c1ccccc1-c1ccc(C(F)(F)F)cc1. The molecule has 1 N–H and O–H groups in total. The highest BCUT2D eigenvalue weighted by atomic mass is 32.2. The number of rotatable bonds is 3. The fourth-order valence-corrected chi connectivity index (χ4v) is 4.62. The molecule has 1 fully saturated rings. The summed E-state index contributed by atoms with van der Waals surface area (Å²) in [5, 5.41) is 2.70. The second-order valence-corrected chi connectivity index (χ2v) is 8.42. The number of alkyl halides is 3. The van der Waals surface area contributed by atoms with Crippen molar-refractivity contribution in [3.8, 4) is 11.1 Å². The molecule has 0 saturated carbocycles. The molecule has 4 nitrogen and oxygen atoms in total. The molecule has 8 heteroatoms. The number of carbonyl (C=O) groups excluding carboxylic acids is 1. The minimum absolute atomic E-state index is 0.0402. The van der Waals surface area contributed by atoms with Crippen LogP contribution in [-0.2, 0) is 16.0 Å². The Labute approximate surface area is 149 Å². The first-order valence-corrected chi connectivity index (χ1v) is 9.76. The van der Waals surface area contributed by atoms with E-state index in [1.807, 2.05) is 0 Å². The summed E-state index contributed by atoms with van der Waals surface area (Å²) in [5.41, 5.74) is 0.485. The Bertz CT molecular complexity index is 921. The lowest BCUT2D eigenvalue weighted by molar-refractivity contribution is -0.137. The molecule has 1 aliphatic rings. The molecule has 1 unspecified atom stereocenters. The third kappa shape index (κ3) is 4.07. The molecule has 0 spiro atoms. The topological polar surface area (TPSA) is 63.2 Å². The van der Waals surface area contributed by atoms with Crippen molar-refractivity contribution in [3.63, 3.8) is 0 Å². The van der Waals surface area contributed by atoms with Gasteiger partial charge in [-0.05, 0) is 35.7 Å². The molecule has 1 heterocycles. The number of carbonyl (C=O) groups is 1.